The van der Waals surface area contributed by atoms with Crippen molar-refractivity contribution in [1.29, 1.82) is 0 Å². The van der Waals surface area contributed by atoms with Crippen LogP contribution in [0.4, 0.5) is 4.79 Å². The number of imide groups is 1. The lowest BCUT2D eigenvalue weighted by molar-refractivity contribution is -0.131. The van der Waals surface area contributed by atoms with Gasteiger partial charge in [0.25, 0.3) is 5.91 Å². The number of ether oxygens (including phenoxy) is 1. The van der Waals surface area contributed by atoms with E-state index in [9.17, 15) is 9.59 Å². The Hall–Kier alpha value is -1.40. The van der Waals surface area contributed by atoms with Gasteiger partial charge in [0.2, 0.25) is 0 Å². The molecule has 3 aliphatic rings. The van der Waals surface area contributed by atoms with Crippen molar-refractivity contribution in [2.45, 2.75) is 49.1 Å². The molecule has 24 heavy (non-hydrogen) atoms. The molecule has 2 N–H and O–H groups in total. The Bertz CT molecular complexity index is 712. The topological polar surface area (TPSA) is 67.4 Å². The minimum absolute atomic E-state index is 0.200. The highest BCUT2D eigenvalue weighted by Crippen LogP contribution is 2.59. The van der Waals surface area contributed by atoms with Gasteiger partial charge >= 0.3 is 6.03 Å². The van der Waals surface area contributed by atoms with Gasteiger partial charge in [0.15, 0.2) is 5.54 Å². The summed E-state index contributed by atoms with van der Waals surface area (Å²) in [5.74, 6) is -0.200. The van der Waals surface area contributed by atoms with E-state index in [4.69, 9.17) is 4.74 Å². The van der Waals surface area contributed by atoms with Crippen LogP contribution in [0.2, 0.25) is 0 Å². The molecule has 0 bridgehead atoms. The van der Waals surface area contributed by atoms with Crippen LogP contribution in [-0.4, -0.2) is 25.2 Å². The van der Waals surface area contributed by atoms with Gasteiger partial charge < -0.3 is 10.1 Å². The molecule has 1 saturated heterocycles. The summed E-state index contributed by atoms with van der Waals surface area (Å²) in [5.41, 5.74) is 2.07. The second kappa shape index (κ2) is 5.56. The number of urea groups is 1. The number of fused-ring (bicyclic) bond motifs is 3. The summed E-state index contributed by atoms with van der Waals surface area (Å²) in [6.45, 7) is 0. The maximum atomic E-state index is 13.0. The van der Waals surface area contributed by atoms with Gasteiger partial charge in [0, 0.05) is 17.9 Å². The van der Waals surface area contributed by atoms with Crippen LogP contribution in [0.1, 0.15) is 42.4 Å². The number of amides is 3. The third-order valence-corrected chi connectivity index (χ3v) is 6.80. The lowest BCUT2D eigenvalue weighted by Crippen LogP contribution is -2.56. The van der Waals surface area contributed by atoms with Crippen LogP contribution in [0.3, 0.4) is 0 Å². The molecule has 1 aromatic carbocycles. The highest BCUT2D eigenvalue weighted by Gasteiger charge is 2.66. The fraction of sp³-hybridized carbons (Fsp3) is 0.556. The predicted molar refractivity (Wildman–Crippen MR) is 92.8 cm³/mol. The fourth-order valence-corrected chi connectivity index (χ4v) is 5.29. The van der Waals surface area contributed by atoms with E-state index in [0.717, 1.165) is 48.6 Å². The van der Waals surface area contributed by atoms with Crippen molar-refractivity contribution in [2.24, 2.45) is 5.41 Å². The number of halogens is 1. The van der Waals surface area contributed by atoms with Crippen molar-refractivity contribution in [2.75, 3.05) is 7.11 Å². The van der Waals surface area contributed by atoms with Crippen LogP contribution in [0.5, 0.6) is 0 Å². The fourth-order valence-electron chi connectivity index (χ4n) is 4.94. The molecule has 0 aromatic heterocycles. The van der Waals surface area contributed by atoms with Crippen molar-refractivity contribution in [3.8, 4) is 0 Å². The Morgan fingerprint density at radius 1 is 1.29 bits per heavy atom. The highest BCUT2D eigenvalue weighted by molar-refractivity contribution is 9.08. The molecule has 4 rings (SSSR count). The second-order valence-electron chi connectivity index (χ2n) is 7.18. The average molecular weight is 393 g/mol. The van der Waals surface area contributed by atoms with E-state index in [1.54, 1.807) is 7.11 Å². The number of methoxy groups -OCH3 is 1. The number of carbonyl (C=O) groups excluding carboxylic acids is 2. The van der Waals surface area contributed by atoms with Gasteiger partial charge in [0.1, 0.15) is 0 Å². The average Bonchev–Trinajstić information content (AvgIpc) is 3.04. The lowest BCUT2D eigenvalue weighted by atomic mass is 9.61. The largest absolute Gasteiger partial charge is 0.381 e. The first-order chi connectivity index (χ1) is 11.5. The highest BCUT2D eigenvalue weighted by atomic mass is 79.9. The third kappa shape index (κ3) is 2.02. The van der Waals surface area contributed by atoms with E-state index >= 15 is 0 Å². The van der Waals surface area contributed by atoms with E-state index in [1.807, 2.05) is 0 Å². The summed E-state index contributed by atoms with van der Waals surface area (Å²) in [6, 6.07) is 5.90. The number of hydrogen-bond donors (Lipinski definition) is 2. The molecular formula is C18H21BrN2O3. The molecule has 0 radical (unpaired) electrons. The van der Waals surface area contributed by atoms with E-state index in [0.29, 0.717) is 0 Å². The SMILES string of the molecule is COC1CCC2(CC1)Cc1ccc(CBr)cc1C21NC(=O)NC1=O. The normalized spacial score (nSPS) is 34.5. The molecular weight excluding hydrogens is 372 g/mol. The van der Waals surface area contributed by atoms with Crippen molar-refractivity contribution in [1.82, 2.24) is 10.6 Å². The number of nitrogens with one attached hydrogen (secondary N) is 2. The minimum atomic E-state index is -0.934. The van der Waals surface area contributed by atoms with E-state index in [2.05, 4.69) is 44.8 Å². The molecule has 5 nitrogen and oxygen atoms in total. The predicted octanol–water partition coefficient (Wildman–Crippen LogP) is 2.75. The van der Waals surface area contributed by atoms with Crippen molar-refractivity contribution >= 4 is 27.9 Å². The molecule has 128 valence electrons. The van der Waals surface area contributed by atoms with Gasteiger partial charge in [-0.1, -0.05) is 34.1 Å². The third-order valence-electron chi connectivity index (χ3n) is 6.15. The Morgan fingerprint density at radius 2 is 2.04 bits per heavy atom. The molecule has 1 heterocycles. The molecule has 1 saturated carbocycles. The zero-order valence-electron chi connectivity index (χ0n) is 13.7. The summed E-state index contributed by atoms with van der Waals surface area (Å²) >= 11 is 3.49. The van der Waals surface area contributed by atoms with Gasteiger partial charge in [0.05, 0.1) is 6.10 Å². The number of rotatable bonds is 2. The molecule has 1 unspecified atom stereocenters. The maximum absolute atomic E-state index is 13.0. The number of alkyl halides is 1. The van der Waals surface area contributed by atoms with Gasteiger partial charge in [-0.3, -0.25) is 10.1 Å². The number of carbonyl (C=O) groups is 2. The maximum Gasteiger partial charge on any atom is 0.322 e. The van der Waals surface area contributed by atoms with Crippen molar-refractivity contribution in [3.05, 3.63) is 34.9 Å². The molecule has 3 amide bonds. The van der Waals surface area contributed by atoms with Crippen LogP contribution >= 0.6 is 15.9 Å². The Morgan fingerprint density at radius 3 is 2.62 bits per heavy atom. The Kier molecular flexibility index (Phi) is 3.73. The number of hydrogen-bond acceptors (Lipinski definition) is 3. The zero-order chi connectivity index (χ0) is 16.9. The first kappa shape index (κ1) is 16.1. The summed E-state index contributed by atoms with van der Waals surface area (Å²) in [7, 11) is 1.74. The monoisotopic (exact) mass is 392 g/mol. The van der Waals surface area contributed by atoms with Crippen LogP contribution in [0, 0.1) is 5.41 Å². The lowest BCUT2D eigenvalue weighted by Gasteiger charge is -2.46. The molecule has 6 heteroatoms. The van der Waals surface area contributed by atoms with E-state index in [-0.39, 0.29) is 23.5 Å². The molecule has 2 aliphatic carbocycles. The van der Waals surface area contributed by atoms with E-state index < -0.39 is 5.54 Å². The summed E-state index contributed by atoms with van der Waals surface area (Å²) in [4.78, 5) is 25.0. The second-order valence-corrected chi connectivity index (χ2v) is 7.74. The van der Waals surface area contributed by atoms with Crippen molar-refractivity contribution < 1.29 is 14.3 Å². The van der Waals surface area contributed by atoms with Crippen LogP contribution in [-0.2, 0) is 26.8 Å². The smallest absolute Gasteiger partial charge is 0.322 e. The van der Waals surface area contributed by atoms with Crippen molar-refractivity contribution in [3.63, 3.8) is 0 Å². The van der Waals surface area contributed by atoms with Gasteiger partial charge in [-0.2, -0.15) is 0 Å². The van der Waals surface area contributed by atoms with Crippen LogP contribution in [0.15, 0.2) is 18.2 Å². The first-order valence-corrected chi connectivity index (χ1v) is 9.51. The summed E-state index contributed by atoms with van der Waals surface area (Å²) in [5, 5.41) is 6.24. The van der Waals surface area contributed by atoms with E-state index in [1.165, 1.54) is 5.56 Å². The standard InChI is InChI=1S/C18H21BrN2O3/c1-24-13-4-6-17(7-5-13)9-12-3-2-11(10-19)8-14(12)18(17)15(22)20-16(23)21-18/h2-3,8,13H,4-7,9-10H2,1H3,(H2,20,21,22,23). The molecule has 2 fully saturated rings. The van der Waals surface area contributed by atoms with Gasteiger partial charge in [-0.05, 0) is 48.8 Å². The quantitative estimate of drug-likeness (QED) is 0.600. The molecule has 1 atom stereocenters. The minimum Gasteiger partial charge on any atom is -0.381 e. The van der Waals surface area contributed by atoms with Crippen LogP contribution < -0.4 is 10.6 Å². The summed E-state index contributed by atoms with van der Waals surface area (Å²) < 4.78 is 5.51. The summed E-state index contributed by atoms with van der Waals surface area (Å²) in [6.07, 6.45) is 4.65. The Labute approximate surface area is 149 Å². The molecule has 1 aromatic rings. The van der Waals surface area contributed by atoms with Gasteiger partial charge in [-0.15, -0.1) is 0 Å². The first-order valence-electron chi connectivity index (χ1n) is 8.39. The van der Waals surface area contributed by atoms with Crippen LogP contribution in [0.25, 0.3) is 0 Å². The zero-order valence-corrected chi connectivity index (χ0v) is 15.2. The number of benzene rings is 1. The molecule has 1 aliphatic heterocycles. The van der Waals surface area contributed by atoms with Gasteiger partial charge in [-0.25, -0.2) is 4.79 Å². The Balaban J connectivity index is 1.84. The molecule has 2 spiro atoms.